The maximum atomic E-state index is 11.9. The van der Waals surface area contributed by atoms with Gasteiger partial charge in [0.1, 0.15) is 0 Å². The Labute approximate surface area is 106 Å². The summed E-state index contributed by atoms with van der Waals surface area (Å²) in [7, 11) is 0. The highest BCUT2D eigenvalue weighted by molar-refractivity contribution is 6.02. The van der Waals surface area contributed by atoms with Gasteiger partial charge in [0.25, 0.3) is 0 Å². The molecule has 0 bridgehead atoms. The SMILES string of the molecule is O=C1CCCC/C1=C\c1ccnc2ccccc12. The Morgan fingerprint density at radius 3 is 2.78 bits per heavy atom. The van der Waals surface area contributed by atoms with Gasteiger partial charge in [-0.1, -0.05) is 18.2 Å². The van der Waals surface area contributed by atoms with Crippen LogP contribution in [0, 0.1) is 0 Å². The maximum Gasteiger partial charge on any atom is 0.158 e. The van der Waals surface area contributed by atoms with E-state index < -0.39 is 0 Å². The van der Waals surface area contributed by atoms with Crippen molar-refractivity contribution in [2.75, 3.05) is 0 Å². The van der Waals surface area contributed by atoms with E-state index in [0.717, 1.165) is 41.3 Å². The fraction of sp³-hybridized carbons (Fsp3) is 0.250. The highest BCUT2D eigenvalue weighted by Crippen LogP contribution is 2.25. The van der Waals surface area contributed by atoms with Crippen molar-refractivity contribution >= 4 is 22.8 Å². The number of para-hydroxylation sites is 1. The highest BCUT2D eigenvalue weighted by Gasteiger charge is 2.14. The van der Waals surface area contributed by atoms with Gasteiger partial charge in [-0.15, -0.1) is 0 Å². The largest absolute Gasteiger partial charge is 0.295 e. The molecular weight excluding hydrogens is 222 g/mol. The lowest BCUT2D eigenvalue weighted by Gasteiger charge is -2.12. The molecule has 3 rings (SSSR count). The number of pyridine rings is 1. The van der Waals surface area contributed by atoms with Crippen LogP contribution in [0.4, 0.5) is 0 Å². The van der Waals surface area contributed by atoms with Gasteiger partial charge in [-0.3, -0.25) is 9.78 Å². The zero-order valence-corrected chi connectivity index (χ0v) is 10.2. The van der Waals surface area contributed by atoms with Crippen molar-refractivity contribution in [3.05, 3.63) is 47.7 Å². The van der Waals surface area contributed by atoms with E-state index >= 15 is 0 Å². The minimum atomic E-state index is 0.308. The molecule has 0 amide bonds. The summed E-state index contributed by atoms with van der Waals surface area (Å²) in [6.07, 6.45) is 7.63. The van der Waals surface area contributed by atoms with Crippen molar-refractivity contribution in [1.82, 2.24) is 4.98 Å². The molecule has 1 aliphatic rings. The molecule has 0 saturated heterocycles. The molecule has 1 aliphatic carbocycles. The Morgan fingerprint density at radius 2 is 1.89 bits per heavy atom. The predicted octanol–water partition coefficient (Wildman–Crippen LogP) is 3.76. The molecule has 0 unspecified atom stereocenters. The summed E-state index contributed by atoms with van der Waals surface area (Å²) in [5.41, 5.74) is 3.05. The number of carbonyl (C=O) groups is 1. The van der Waals surface area contributed by atoms with Crippen LogP contribution in [0.25, 0.3) is 17.0 Å². The second-order valence-corrected chi connectivity index (χ2v) is 4.72. The van der Waals surface area contributed by atoms with Crippen LogP contribution in [0.1, 0.15) is 31.2 Å². The van der Waals surface area contributed by atoms with E-state index in [-0.39, 0.29) is 0 Å². The molecule has 1 fully saturated rings. The Kier molecular flexibility index (Phi) is 2.93. The van der Waals surface area contributed by atoms with Crippen molar-refractivity contribution < 1.29 is 4.79 Å². The third-order valence-corrected chi connectivity index (χ3v) is 3.47. The second kappa shape index (κ2) is 4.73. The number of fused-ring (bicyclic) bond motifs is 1. The standard InChI is InChI=1S/C16H15NO/c18-16-8-4-1-5-13(16)11-12-9-10-17-15-7-3-2-6-14(12)15/h2-3,6-7,9-11H,1,4-5,8H2/b13-11+. The maximum absolute atomic E-state index is 11.9. The van der Waals surface area contributed by atoms with Gasteiger partial charge in [-0.05, 0) is 48.6 Å². The molecule has 1 saturated carbocycles. The minimum absolute atomic E-state index is 0.308. The van der Waals surface area contributed by atoms with Crippen LogP contribution in [0.2, 0.25) is 0 Å². The summed E-state index contributed by atoms with van der Waals surface area (Å²) in [5, 5.41) is 1.12. The molecule has 90 valence electrons. The molecule has 1 aromatic heterocycles. The van der Waals surface area contributed by atoms with E-state index in [1.165, 1.54) is 0 Å². The second-order valence-electron chi connectivity index (χ2n) is 4.72. The van der Waals surface area contributed by atoms with Gasteiger partial charge in [0.15, 0.2) is 5.78 Å². The average Bonchev–Trinajstić information content (AvgIpc) is 2.42. The smallest absolute Gasteiger partial charge is 0.158 e. The number of hydrogen-bond acceptors (Lipinski definition) is 2. The van der Waals surface area contributed by atoms with E-state index in [2.05, 4.69) is 11.1 Å². The van der Waals surface area contributed by atoms with E-state index in [0.29, 0.717) is 12.2 Å². The summed E-state index contributed by atoms with van der Waals surface area (Å²) in [4.78, 5) is 16.2. The molecule has 0 N–H and O–H groups in total. The zero-order valence-electron chi connectivity index (χ0n) is 10.2. The van der Waals surface area contributed by atoms with E-state index in [1.807, 2.05) is 36.5 Å². The van der Waals surface area contributed by atoms with Gasteiger partial charge in [-0.2, -0.15) is 0 Å². The van der Waals surface area contributed by atoms with Crippen LogP contribution in [0.5, 0.6) is 0 Å². The number of carbonyl (C=O) groups excluding carboxylic acids is 1. The number of Topliss-reactive ketones (excluding diaryl/α,β-unsaturated/α-hetero) is 1. The number of nitrogens with zero attached hydrogens (tertiary/aromatic N) is 1. The molecule has 2 nitrogen and oxygen atoms in total. The summed E-state index contributed by atoms with van der Waals surface area (Å²) >= 11 is 0. The van der Waals surface area contributed by atoms with Crippen molar-refractivity contribution in [3.63, 3.8) is 0 Å². The van der Waals surface area contributed by atoms with Gasteiger partial charge in [0.2, 0.25) is 0 Å². The molecule has 0 spiro atoms. The molecule has 1 heterocycles. The molecule has 2 aromatic rings. The lowest BCUT2D eigenvalue weighted by atomic mass is 9.91. The normalized spacial score (nSPS) is 18.4. The van der Waals surface area contributed by atoms with Crippen LogP contribution in [0.15, 0.2) is 42.1 Å². The van der Waals surface area contributed by atoms with Crippen LogP contribution in [-0.2, 0) is 4.79 Å². The van der Waals surface area contributed by atoms with Crippen LogP contribution in [-0.4, -0.2) is 10.8 Å². The van der Waals surface area contributed by atoms with Crippen LogP contribution in [0.3, 0.4) is 0 Å². The molecule has 18 heavy (non-hydrogen) atoms. The number of ketones is 1. The summed E-state index contributed by atoms with van der Waals surface area (Å²) in [6.45, 7) is 0. The highest BCUT2D eigenvalue weighted by atomic mass is 16.1. The summed E-state index contributed by atoms with van der Waals surface area (Å²) in [5.74, 6) is 0.308. The zero-order chi connectivity index (χ0) is 12.4. The number of aromatic nitrogens is 1. The van der Waals surface area contributed by atoms with E-state index in [4.69, 9.17) is 0 Å². The molecule has 0 aliphatic heterocycles. The van der Waals surface area contributed by atoms with Crippen molar-refractivity contribution in [1.29, 1.82) is 0 Å². The molecule has 0 radical (unpaired) electrons. The first-order valence-corrected chi connectivity index (χ1v) is 6.42. The Balaban J connectivity index is 2.09. The van der Waals surface area contributed by atoms with Crippen LogP contribution < -0.4 is 0 Å². The topological polar surface area (TPSA) is 30.0 Å². The lowest BCUT2D eigenvalue weighted by molar-refractivity contribution is -0.116. The molecule has 1 aromatic carbocycles. The fourth-order valence-corrected chi connectivity index (χ4v) is 2.49. The van der Waals surface area contributed by atoms with Crippen LogP contribution >= 0.6 is 0 Å². The van der Waals surface area contributed by atoms with E-state index in [9.17, 15) is 4.79 Å². The number of allylic oxidation sites excluding steroid dienone is 1. The Bertz CT molecular complexity index is 623. The predicted molar refractivity (Wildman–Crippen MR) is 73.2 cm³/mol. The average molecular weight is 237 g/mol. The first-order chi connectivity index (χ1) is 8.84. The van der Waals surface area contributed by atoms with Crippen molar-refractivity contribution in [2.24, 2.45) is 0 Å². The monoisotopic (exact) mass is 237 g/mol. The summed E-state index contributed by atoms with van der Waals surface area (Å²) in [6, 6.07) is 10.0. The third-order valence-electron chi connectivity index (χ3n) is 3.47. The first-order valence-electron chi connectivity index (χ1n) is 6.42. The fourth-order valence-electron chi connectivity index (χ4n) is 2.49. The van der Waals surface area contributed by atoms with Gasteiger partial charge in [-0.25, -0.2) is 0 Å². The first kappa shape index (κ1) is 11.1. The molecule has 2 heteroatoms. The number of benzene rings is 1. The third kappa shape index (κ3) is 2.06. The summed E-state index contributed by atoms with van der Waals surface area (Å²) < 4.78 is 0. The van der Waals surface area contributed by atoms with Crippen molar-refractivity contribution in [3.8, 4) is 0 Å². The van der Waals surface area contributed by atoms with E-state index in [1.54, 1.807) is 0 Å². The van der Waals surface area contributed by atoms with Gasteiger partial charge < -0.3 is 0 Å². The molecular formula is C16H15NO. The van der Waals surface area contributed by atoms with Crippen molar-refractivity contribution in [2.45, 2.75) is 25.7 Å². The minimum Gasteiger partial charge on any atom is -0.295 e. The van der Waals surface area contributed by atoms with Gasteiger partial charge in [0.05, 0.1) is 5.52 Å². The quantitative estimate of drug-likeness (QED) is 0.707. The Hall–Kier alpha value is -1.96. The lowest BCUT2D eigenvalue weighted by Crippen LogP contribution is -2.08. The van der Waals surface area contributed by atoms with Gasteiger partial charge in [0, 0.05) is 18.0 Å². The number of hydrogen-bond donors (Lipinski definition) is 0. The number of rotatable bonds is 1. The molecule has 0 atom stereocenters. The van der Waals surface area contributed by atoms with Gasteiger partial charge >= 0.3 is 0 Å². The Morgan fingerprint density at radius 1 is 1.06 bits per heavy atom.